The molecule has 0 amide bonds. The van der Waals surface area contributed by atoms with Gasteiger partial charge in [0.05, 0.1) is 16.3 Å². The summed E-state index contributed by atoms with van der Waals surface area (Å²) in [4.78, 5) is 0. The van der Waals surface area contributed by atoms with Crippen LogP contribution in [-0.4, -0.2) is 19.1 Å². The number of hydrogen-bond donors (Lipinski definition) is 2. The molecule has 96 valence electrons. The highest BCUT2D eigenvalue weighted by molar-refractivity contribution is 6.32. The molecule has 0 spiro atoms. The van der Waals surface area contributed by atoms with Gasteiger partial charge in [-0.25, -0.2) is 0 Å². The number of nitrogens with one attached hydrogen (secondary N) is 2. The highest BCUT2D eigenvalue weighted by Crippen LogP contribution is 2.26. The van der Waals surface area contributed by atoms with Gasteiger partial charge in [0.25, 0.3) is 0 Å². The predicted octanol–water partition coefficient (Wildman–Crippen LogP) is 3.01. The fourth-order valence-electron chi connectivity index (χ4n) is 2.43. The van der Waals surface area contributed by atoms with E-state index < -0.39 is 0 Å². The van der Waals surface area contributed by atoms with E-state index in [1.807, 2.05) is 12.1 Å². The molecule has 3 nitrogen and oxygen atoms in total. The molecule has 1 saturated heterocycles. The molecule has 0 saturated carbocycles. The van der Waals surface area contributed by atoms with Crippen LogP contribution in [0, 0.1) is 17.2 Å². The van der Waals surface area contributed by atoms with E-state index in [0.29, 0.717) is 22.5 Å². The monoisotopic (exact) mass is 263 g/mol. The molecule has 1 aliphatic rings. The molecule has 2 rings (SSSR count). The first kappa shape index (κ1) is 13.2. The second-order valence-electron chi connectivity index (χ2n) is 4.81. The van der Waals surface area contributed by atoms with Crippen LogP contribution in [0.4, 0.5) is 5.69 Å². The third kappa shape index (κ3) is 2.95. The van der Waals surface area contributed by atoms with E-state index in [9.17, 15) is 0 Å². The zero-order valence-electron chi connectivity index (χ0n) is 10.5. The number of halogens is 1. The molecule has 2 unspecified atom stereocenters. The van der Waals surface area contributed by atoms with Crippen LogP contribution in [0.5, 0.6) is 0 Å². The smallest absolute Gasteiger partial charge is 0.103 e. The lowest BCUT2D eigenvalue weighted by Gasteiger charge is -2.29. The zero-order valence-corrected chi connectivity index (χ0v) is 11.3. The molecular weight excluding hydrogens is 246 g/mol. The van der Waals surface area contributed by atoms with E-state index in [1.165, 1.54) is 12.8 Å². The fourth-order valence-corrected chi connectivity index (χ4v) is 2.64. The standard InChI is InChI=1S/C14H18ClN3/c1-10(11-4-3-7-17-9-11)18-14-6-2-5-13(15)12(14)8-16/h2,5-6,10-11,17-18H,3-4,7,9H2,1H3. The Balaban J connectivity index is 2.09. The SMILES string of the molecule is CC(Nc1cccc(Cl)c1C#N)C1CCCNC1. The number of nitriles is 1. The second-order valence-corrected chi connectivity index (χ2v) is 5.22. The molecule has 0 aromatic heterocycles. The van der Waals surface area contributed by atoms with Crippen molar-refractivity contribution < 1.29 is 0 Å². The first-order valence-corrected chi connectivity index (χ1v) is 6.76. The lowest BCUT2D eigenvalue weighted by molar-refractivity contribution is 0.347. The van der Waals surface area contributed by atoms with Crippen LogP contribution < -0.4 is 10.6 Å². The third-order valence-electron chi connectivity index (χ3n) is 3.55. The minimum absolute atomic E-state index is 0.336. The molecular formula is C14H18ClN3. The third-order valence-corrected chi connectivity index (χ3v) is 3.87. The van der Waals surface area contributed by atoms with Gasteiger partial charge >= 0.3 is 0 Å². The van der Waals surface area contributed by atoms with Crippen LogP contribution in [0.1, 0.15) is 25.3 Å². The molecule has 2 N–H and O–H groups in total. The van der Waals surface area contributed by atoms with Crippen LogP contribution in [0.3, 0.4) is 0 Å². The molecule has 1 aliphatic heterocycles. The average Bonchev–Trinajstić information content (AvgIpc) is 2.40. The number of rotatable bonds is 3. The van der Waals surface area contributed by atoms with E-state index >= 15 is 0 Å². The first-order valence-electron chi connectivity index (χ1n) is 6.38. The summed E-state index contributed by atoms with van der Waals surface area (Å²) in [6, 6.07) is 8.03. The van der Waals surface area contributed by atoms with Gasteiger partial charge in [0, 0.05) is 6.04 Å². The van der Waals surface area contributed by atoms with Crippen molar-refractivity contribution in [3.63, 3.8) is 0 Å². The Bertz CT molecular complexity index is 447. The summed E-state index contributed by atoms with van der Waals surface area (Å²) >= 11 is 6.02. The quantitative estimate of drug-likeness (QED) is 0.881. The molecule has 1 aromatic rings. The maximum absolute atomic E-state index is 9.14. The Morgan fingerprint density at radius 2 is 2.39 bits per heavy atom. The molecule has 4 heteroatoms. The Hall–Kier alpha value is -1.24. The molecule has 0 bridgehead atoms. The summed E-state index contributed by atoms with van der Waals surface area (Å²) in [6.45, 7) is 4.32. The molecule has 0 aliphatic carbocycles. The van der Waals surface area contributed by atoms with Gasteiger partial charge in [-0.1, -0.05) is 17.7 Å². The Labute approximate surface area is 113 Å². The molecule has 1 heterocycles. The summed E-state index contributed by atoms with van der Waals surface area (Å²) in [6.07, 6.45) is 2.45. The van der Waals surface area contributed by atoms with Crippen molar-refractivity contribution in [2.75, 3.05) is 18.4 Å². The number of anilines is 1. The van der Waals surface area contributed by atoms with E-state index in [-0.39, 0.29) is 0 Å². The van der Waals surface area contributed by atoms with Crippen molar-refractivity contribution in [2.45, 2.75) is 25.8 Å². The molecule has 0 radical (unpaired) electrons. The first-order chi connectivity index (χ1) is 8.72. The zero-order chi connectivity index (χ0) is 13.0. The van der Waals surface area contributed by atoms with Crippen LogP contribution in [0.25, 0.3) is 0 Å². The normalized spacial score (nSPS) is 21.1. The van der Waals surface area contributed by atoms with Gasteiger partial charge in [-0.15, -0.1) is 0 Å². The number of benzene rings is 1. The summed E-state index contributed by atoms with van der Waals surface area (Å²) < 4.78 is 0. The van der Waals surface area contributed by atoms with E-state index in [1.54, 1.807) is 6.07 Å². The lowest BCUT2D eigenvalue weighted by Crippen LogP contribution is -2.38. The highest BCUT2D eigenvalue weighted by Gasteiger charge is 2.20. The van der Waals surface area contributed by atoms with Gasteiger partial charge < -0.3 is 10.6 Å². The van der Waals surface area contributed by atoms with Crippen LogP contribution >= 0.6 is 11.6 Å². The Kier molecular flexibility index (Phi) is 4.46. The van der Waals surface area contributed by atoms with Crippen LogP contribution in [0.2, 0.25) is 5.02 Å². The fraction of sp³-hybridized carbons (Fsp3) is 0.500. The Morgan fingerprint density at radius 1 is 1.56 bits per heavy atom. The van der Waals surface area contributed by atoms with Crippen molar-refractivity contribution in [3.05, 3.63) is 28.8 Å². The molecule has 1 aromatic carbocycles. The maximum atomic E-state index is 9.14. The minimum Gasteiger partial charge on any atom is -0.381 e. The van der Waals surface area contributed by atoms with Gasteiger partial charge in [-0.3, -0.25) is 0 Å². The Morgan fingerprint density at radius 3 is 3.06 bits per heavy atom. The van der Waals surface area contributed by atoms with Gasteiger partial charge in [-0.2, -0.15) is 5.26 Å². The topological polar surface area (TPSA) is 47.9 Å². The summed E-state index contributed by atoms with van der Waals surface area (Å²) in [5.41, 5.74) is 1.37. The van der Waals surface area contributed by atoms with Crippen LogP contribution in [0.15, 0.2) is 18.2 Å². The minimum atomic E-state index is 0.336. The molecule has 2 atom stereocenters. The number of piperidine rings is 1. The van der Waals surface area contributed by atoms with Gasteiger partial charge in [0.2, 0.25) is 0 Å². The highest BCUT2D eigenvalue weighted by atomic mass is 35.5. The summed E-state index contributed by atoms with van der Waals surface area (Å²) in [7, 11) is 0. The largest absolute Gasteiger partial charge is 0.381 e. The summed E-state index contributed by atoms with van der Waals surface area (Å²) in [5, 5.41) is 16.5. The number of nitrogens with zero attached hydrogens (tertiary/aromatic N) is 1. The van der Waals surface area contributed by atoms with E-state index in [2.05, 4.69) is 23.6 Å². The van der Waals surface area contributed by atoms with Crippen molar-refractivity contribution in [1.82, 2.24) is 5.32 Å². The van der Waals surface area contributed by atoms with Gasteiger partial charge in [0.15, 0.2) is 0 Å². The second kappa shape index (κ2) is 6.08. The van der Waals surface area contributed by atoms with E-state index in [0.717, 1.165) is 18.8 Å². The average molecular weight is 264 g/mol. The van der Waals surface area contributed by atoms with E-state index in [4.69, 9.17) is 16.9 Å². The van der Waals surface area contributed by atoms with Crippen molar-refractivity contribution in [2.24, 2.45) is 5.92 Å². The maximum Gasteiger partial charge on any atom is 0.103 e. The van der Waals surface area contributed by atoms with Crippen molar-refractivity contribution in [3.8, 4) is 6.07 Å². The van der Waals surface area contributed by atoms with Crippen molar-refractivity contribution >= 4 is 17.3 Å². The number of hydrogen-bond acceptors (Lipinski definition) is 3. The predicted molar refractivity (Wildman–Crippen MR) is 74.8 cm³/mol. The molecule has 18 heavy (non-hydrogen) atoms. The van der Waals surface area contributed by atoms with Gasteiger partial charge in [-0.05, 0) is 50.9 Å². The summed E-state index contributed by atoms with van der Waals surface area (Å²) in [5.74, 6) is 0.601. The lowest BCUT2D eigenvalue weighted by atomic mass is 9.92. The van der Waals surface area contributed by atoms with Crippen LogP contribution in [-0.2, 0) is 0 Å². The van der Waals surface area contributed by atoms with Crippen molar-refractivity contribution in [1.29, 1.82) is 5.26 Å². The van der Waals surface area contributed by atoms with Gasteiger partial charge in [0.1, 0.15) is 6.07 Å². The molecule has 1 fully saturated rings.